The second-order valence-corrected chi connectivity index (χ2v) is 3.38. The van der Waals surface area contributed by atoms with Crippen LogP contribution in [-0.2, 0) is 7.05 Å². The lowest BCUT2D eigenvalue weighted by Gasteiger charge is -2.09. The summed E-state index contributed by atoms with van der Waals surface area (Å²) in [6, 6.07) is 0. The highest BCUT2D eigenvalue weighted by atomic mass is 15.3. The first-order valence-corrected chi connectivity index (χ1v) is 4.77. The van der Waals surface area contributed by atoms with Gasteiger partial charge >= 0.3 is 0 Å². The van der Waals surface area contributed by atoms with Crippen molar-refractivity contribution in [2.45, 2.75) is 32.6 Å². The molecule has 0 saturated carbocycles. The molecule has 1 heterocycles. The van der Waals surface area contributed by atoms with Crippen LogP contribution in [0.5, 0.6) is 0 Å². The van der Waals surface area contributed by atoms with E-state index in [0.717, 1.165) is 18.2 Å². The summed E-state index contributed by atoms with van der Waals surface area (Å²) in [6.07, 6.45) is 2.35. The molecule has 74 valence electrons. The minimum atomic E-state index is 0.490. The second-order valence-electron chi connectivity index (χ2n) is 3.38. The van der Waals surface area contributed by atoms with E-state index in [0.29, 0.717) is 5.92 Å². The van der Waals surface area contributed by atoms with E-state index < -0.39 is 0 Å². The molecule has 0 spiro atoms. The van der Waals surface area contributed by atoms with Crippen molar-refractivity contribution in [2.24, 2.45) is 7.05 Å². The van der Waals surface area contributed by atoms with Crippen molar-refractivity contribution in [3.63, 3.8) is 0 Å². The number of rotatable bonds is 4. The maximum absolute atomic E-state index is 4.16. The van der Waals surface area contributed by atoms with Crippen molar-refractivity contribution in [2.75, 3.05) is 12.4 Å². The van der Waals surface area contributed by atoms with Crippen molar-refractivity contribution in [3.05, 3.63) is 5.82 Å². The van der Waals surface area contributed by atoms with Crippen molar-refractivity contribution >= 4 is 5.95 Å². The fourth-order valence-corrected chi connectivity index (χ4v) is 1.55. The smallest absolute Gasteiger partial charge is 0.224 e. The van der Waals surface area contributed by atoms with Gasteiger partial charge in [-0.25, -0.2) is 0 Å². The van der Waals surface area contributed by atoms with Gasteiger partial charge in [-0.1, -0.05) is 20.3 Å². The fraction of sp³-hybridized carbons (Fsp3) is 0.778. The predicted molar refractivity (Wildman–Crippen MR) is 53.9 cm³/mol. The van der Waals surface area contributed by atoms with Crippen LogP contribution in [0.2, 0.25) is 0 Å². The summed E-state index contributed by atoms with van der Waals surface area (Å²) in [5, 5.41) is 11.2. The van der Waals surface area contributed by atoms with Gasteiger partial charge in [0.1, 0.15) is 5.82 Å². The Hall–Kier alpha value is -1.06. The molecule has 4 heteroatoms. The maximum Gasteiger partial charge on any atom is 0.224 e. The molecule has 1 atom stereocenters. The summed E-state index contributed by atoms with van der Waals surface area (Å²) in [4.78, 5) is 0. The Morgan fingerprint density at radius 1 is 1.46 bits per heavy atom. The molecule has 1 aromatic rings. The van der Waals surface area contributed by atoms with Gasteiger partial charge in [0.15, 0.2) is 0 Å². The number of nitrogens with one attached hydrogen (secondary N) is 1. The van der Waals surface area contributed by atoms with E-state index in [1.54, 1.807) is 0 Å². The van der Waals surface area contributed by atoms with Crippen LogP contribution in [0.3, 0.4) is 0 Å². The van der Waals surface area contributed by atoms with Crippen LogP contribution in [0.15, 0.2) is 0 Å². The lowest BCUT2D eigenvalue weighted by Crippen LogP contribution is -2.05. The Morgan fingerprint density at radius 2 is 2.15 bits per heavy atom. The molecule has 0 fully saturated rings. The van der Waals surface area contributed by atoms with Gasteiger partial charge in [0.2, 0.25) is 5.95 Å². The van der Waals surface area contributed by atoms with Gasteiger partial charge in [0, 0.05) is 20.0 Å². The Morgan fingerprint density at radius 3 is 2.62 bits per heavy atom. The maximum atomic E-state index is 4.16. The largest absolute Gasteiger partial charge is 0.357 e. The van der Waals surface area contributed by atoms with Gasteiger partial charge in [0.25, 0.3) is 0 Å². The highest BCUT2D eigenvalue weighted by Crippen LogP contribution is 2.19. The van der Waals surface area contributed by atoms with Crippen LogP contribution in [0.25, 0.3) is 0 Å². The molecular formula is C9H18N4. The first-order valence-electron chi connectivity index (χ1n) is 4.77. The normalized spacial score (nSPS) is 12.9. The Labute approximate surface area is 79.4 Å². The van der Waals surface area contributed by atoms with Crippen LogP contribution in [-0.4, -0.2) is 21.8 Å². The zero-order chi connectivity index (χ0) is 9.84. The molecular weight excluding hydrogens is 164 g/mol. The third-order valence-corrected chi connectivity index (χ3v) is 2.29. The number of hydrogen-bond donors (Lipinski definition) is 1. The summed E-state index contributed by atoms with van der Waals surface area (Å²) >= 11 is 0. The number of nitrogens with zero attached hydrogens (tertiary/aromatic N) is 3. The van der Waals surface area contributed by atoms with Crippen LogP contribution in [0.1, 0.15) is 38.4 Å². The summed E-state index contributed by atoms with van der Waals surface area (Å²) in [7, 11) is 3.85. The molecule has 0 aromatic carbocycles. The minimum absolute atomic E-state index is 0.490. The molecule has 1 unspecified atom stereocenters. The number of anilines is 1. The molecule has 0 saturated heterocycles. The van der Waals surface area contributed by atoms with Crippen molar-refractivity contribution in [1.82, 2.24) is 14.8 Å². The standard InChI is InChI=1S/C9H18N4/c1-5-6-7(2)8-11-12-9(10-3)13(8)4/h7H,5-6H2,1-4H3,(H,10,12). The molecule has 0 aliphatic rings. The molecule has 1 aromatic heterocycles. The summed E-state index contributed by atoms with van der Waals surface area (Å²) in [5.74, 6) is 2.38. The van der Waals surface area contributed by atoms with Gasteiger partial charge in [-0.2, -0.15) is 0 Å². The van der Waals surface area contributed by atoms with Crippen LogP contribution in [0, 0.1) is 0 Å². The second kappa shape index (κ2) is 4.25. The average molecular weight is 182 g/mol. The van der Waals surface area contributed by atoms with Crippen molar-refractivity contribution < 1.29 is 0 Å². The molecule has 0 aliphatic heterocycles. The van der Waals surface area contributed by atoms with Gasteiger partial charge in [-0.15, -0.1) is 10.2 Å². The third kappa shape index (κ3) is 1.99. The fourth-order valence-electron chi connectivity index (χ4n) is 1.55. The zero-order valence-corrected chi connectivity index (χ0v) is 8.83. The number of aromatic nitrogens is 3. The molecule has 1 N–H and O–H groups in total. The molecule has 4 nitrogen and oxygen atoms in total. The predicted octanol–water partition coefficient (Wildman–Crippen LogP) is 1.76. The van der Waals surface area contributed by atoms with Crippen LogP contribution < -0.4 is 5.32 Å². The summed E-state index contributed by atoms with van der Waals surface area (Å²) in [6.45, 7) is 4.37. The van der Waals surface area contributed by atoms with E-state index in [-0.39, 0.29) is 0 Å². The first-order chi connectivity index (χ1) is 6.20. The zero-order valence-electron chi connectivity index (χ0n) is 8.83. The van der Waals surface area contributed by atoms with E-state index in [4.69, 9.17) is 0 Å². The molecule has 0 bridgehead atoms. The monoisotopic (exact) mass is 182 g/mol. The third-order valence-electron chi connectivity index (χ3n) is 2.29. The van der Waals surface area contributed by atoms with Crippen LogP contribution in [0.4, 0.5) is 5.95 Å². The molecule has 0 radical (unpaired) electrons. The van der Waals surface area contributed by atoms with E-state index >= 15 is 0 Å². The SMILES string of the molecule is CCCC(C)c1nnc(NC)n1C. The summed E-state index contributed by atoms with van der Waals surface area (Å²) in [5.41, 5.74) is 0. The highest BCUT2D eigenvalue weighted by Gasteiger charge is 2.13. The number of hydrogen-bond acceptors (Lipinski definition) is 3. The van der Waals surface area contributed by atoms with E-state index in [1.807, 2.05) is 18.7 Å². The van der Waals surface area contributed by atoms with Gasteiger partial charge in [0.05, 0.1) is 0 Å². The van der Waals surface area contributed by atoms with Crippen molar-refractivity contribution in [1.29, 1.82) is 0 Å². The molecule has 0 amide bonds. The average Bonchev–Trinajstić information content (AvgIpc) is 2.47. The van der Waals surface area contributed by atoms with Crippen LogP contribution >= 0.6 is 0 Å². The highest BCUT2D eigenvalue weighted by molar-refractivity contribution is 5.24. The van der Waals surface area contributed by atoms with Gasteiger partial charge in [-0.05, 0) is 6.42 Å². The van der Waals surface area contributed by atoms with E-state index in [2.05, 4.69) is 29.4 Å². The first kappa shape index (κ1) is 10.0. The summed E-state index contributed by atoms with van der Waals surface area (Å²) < 4.78 is 2.01. The quantitative estimate of drug-likeness (QED) is 0.771. The molecule has 0 aliphatic carbocycles. The molecule has 1 rings (SSSR count). The Balaban J connectivity index is 2.82. The lowest BCUT2D eigenvalue weighted by atomic mass is 10.1. The van der Waals surface area contributed by atoms with Gasteiger partial charge < -0.3 is 9.88 Å². The Bertz CT molecular complexity index is 267. The van der Waals surface area contributed by atoms with Crippen molar-refractivity contribution in [3.8, 4) is 0 Å². The Kier molecular flexibility index (Phi) is 3.28. The lowest BCUT2D eigenvalue weighted by molar-refractivity contribution is 0.601. The molecule has 13 heavy (non-hydrogen) atoms. The topological polar surface area (TPSA) is 42.7 Å². The van der Waals surface area contributed by atoms with E-state index in [9.17, 15) is 0 Å². The minimum Gasteiger partial charge on any atom is -0.357 e. The van der Waals surface area contributed by atoms with Gasteiger partial charge in [-0.3, -0.25) is 0 Å². The van der Waals surface area contributed by atoms with E-state index in [1.165, 1.54) is 6.42 Å².